The second-order valence-corrected chi connectivity index (χ2v) is 7.99. The third-order valence-corrected chi connectivity index (χ3v) is 6.50. The second kappa shape index (κ2) is 7.04. The highest BCUT2D eigenvalue weighted by Gasteiger charge is 2.52. The summed E-state index contributed by atoms with van der Waals surface area (Å²) in [4.78, 5) is 24.4. The van der Waals surface area contributed by atoms with Crippen LogP contribution in [-0.2, 0) is 10.2 Å². The molecule has 1 saturated carbocycles. The van der Waals surface area contributed by atoms with Crippen molar-refractivity contribution in [3.05, 3.63) is 40.5 Å². The van der Waals surface area contributed by atoms with Crippen molar-refractivity contribution in [2.24, 2.45) is 5.92 Å². The largest absolute Gasteiger partial charge is 0.355 e. The summed E-state index contributed by atoms with van der Waals surface area (Å²) >= 11 is 1.68. The van der Waals surface area contributed by atoms with E-state index in [-0.39, 0.29) is 11.3 Å². The molecule has 2 aliphatic rings. The molecule has 26 heavy (non-hydrogen) atoms. The lowest BCUT2D eigenvalue weighted by Gasteiger charge is -2.33. The molecule has 1 saturated heterocycles. The van der Waals surface area contributed by atoms with Gasteiger partial charge in [0.1, 0.15) is 6.07 Å². The molecule has 3 heterocycles. The van der Waals surface area contributed by atoms with Gasteiger partial charge in [-0.3, -0.25) is 4.79 Å². The van der Waals surface area contributed by atoms with Gasteiger partial charge in [-0.15, -0.1) is 11.3 Å². The van der Waals surface area contributed by atoms with Crippen LogP contribution in [0.5, 0.6) is 0 Å². The molecule has 0 bridgehead atoms. The highest BCUT2D eigenvalue weighted by molar-refractivity contribution is 7.10. The molecule has 1 amide bonds. The first-order chi connectivity index (χ1) is 12.7. The summed E-state index contributed by atoms with van der Waals surface area (Å²) in [5.74, 6) is 1.33. The number of piperidine rings is 1. The van der Waals surface area contributed by atoms with Gasteiger partial charge in [0.25, 0.3) is 0 Å². The summed E-state index contributed by atoms with van der Waals surface area (Å²) in [6.07, 6.45) is 7.05. The van der Waals surface area contributed by atoms with Crippen molar-refractivity contribution in [2.45, 2.75) is 31.1 Å². The van der Waals surface area contributed by atoms with Gasteiger partial charge in [0.2, 0.25) is 5.91 Å². The molecule has 7 heteroatoms. The first-order valence-corrected chi connectivity index (χ1v) is 9.89. The normalized spacial score (nSPS) is 19.0. The summed E-state index contributed by atoms with van der Waals surface area (Å²) in [5, 5.41) is 14.4. The summed E-state index contributed by atoms with van der Waals surface area (Å²) < 4.78 is 0. The van der Waals surface area contributed by atoms with Crippen molar-refractivity contribution in [3.8, 4) is 6.07 Å². The van der Waals surface area contributed by atoms with Gasteiger partial charge in [-0.2, -0.15) is 5.26 Å². The Hall–Kier alpha value is -2.46. The number of hydrogen-bond acceptors (Lipinski definition) is 6. The molecule has 2 fully saturated rings. The lowest BCUT2D eigenvalue weighted by Crippen LogP contribution is -2.42. The van der Waals surface area contributed by atoms with Crippen LogP contribution < -0.4 is 10.2 Å². The van der Waals surface area contributed by atoms with E-state index in [4.69, 9.17) is 0 Å². The number of nitrogens with one attached hydrogen (secondary N) is 1. The average Bonchev–Trinajstić information content (AvgIpc) is 3.32. The smallest absolute Gasteiger partial charge is 0.231 e. The van der Waals surface area contributed by atoms with E-state index in [1.54, 1.807) is 23.7 Å². The number of nitrogens with zero attached hydrogens (tertiary/aromatic N) is 4. The van der Waals surface area contributed by atoms with Crippen LogP contribution in [0.3, 0.4) is 0 Å². The van der Waals surface area contributed by atoms with Gasteiger partial charge in [0.15, 0.2) is 11.5 Å². The van der Waals surface area contributed by atoms with Crippen LogP contribution in [0.2, 0.25) is 0 Å². The third kappa shape index (κ3) is 3.17. The number of aromatic nitrogens is 2. The summed E-state index contributed by atoms with van der Waals surface area (Å²) in [6.45, 7) is 2.40. The monoisotopic (exact) mass is 367 g/mol. The zero-order valence-corrected chi connectivity index (χ0v) is 15.3. The molecule has 0 aromatic carbocycles. The van der Waals surface area contributed by atoms with Crippen LogP contribution >= 0.6 is 11.3 Å². The highest BCUT2D eigenvalue weighted by Crippen LogP contribution is 2.50. The molecule has 0 radical (unpaired) electrons. The Morgan fingerprint density at radius 3 is 2.77 bits per heavy atom. The lowest BCUT2D eigenvalue weighted by atomic mass is 9.96. The lowest BCUT2D eigenvalue weighted by molar-refractivity contribution is -0.123. The van der Waals surface area contributed by atoms with E-state index in [1.807, 2.05) is 11.4 Å². The van der Waals surface area contributed by atoms with E-state index in [1.165, 1.54) is 4.88 Å². The van der Waals surface area contributed by atoms with Gasteiger partial charge in [-0.05, 0) is 43.0 Å². The minimum absolute atomic E-state index is 0.183. The fourth-order valence-corrected chi connectivity index (χ4v) is 4.64. The first kappa shape index (κ1) is 17.0. The number of amides is 1. The maximum Gasteiger partial charge on any atom is 0.231 e. The molecule has 2 aromatic heterocycles. The average molecular weight is 367 g/mol. The fourth-order valence-electron chi connectivity index (χ4n) is 3.66. The Morgan fingerprint density at radius 2 is 2.12 bits per heavy atom. The van der Waals surface area contributed by atoms with E-state index < -0.39 is 0 Å². The number of thiophene rings is 1. The maximum absolute atomic E-state index is 12.7. The third-order valence-electron chi connectivity index (χ3n) is 5.43. The Balaban J connectivity index is 1.30. The Bertz CT molecular complexity index is 817. The zero-order chi connectivity index (χ0) is 18.0. The molecular formula is C19H21N5OS. The number of hydrogen-bond donors (Lipinski definition) is 1. The van der Waals surface area contributed by atoms with Crippen molar-refractivity contribution in [3.63, 3.8) is 0 Å². The predicted octanol–water partition coefficient (Wildman–Crippen LogP) is 2.47. The van der Waals surface area contributed by atoms with E-state index in [0.29, 0.717) is 17.4 Å². The number of rotatable bonds is 5. The molecule has 6 nitrogen and oxygen atoms in total. The fraction of sp³-hybridized carbons (Fsp3) is 0.474. The van der Waals surface area contributed by atoms with Crippen molar-refractivity contribution in [2.75, 3.05) is 24.5 Å². The molecule has 1 N–H and O–H groups in total. The molecule has 0 unspecified atom stereocenters. The van der Waals surface area contributed by atoms with E-state index in [9.17, 15) is 10.1 Å². The van der Waals surface area contributed by atoms with Gasteiger partial charge in [0.05, 0.1) is 5.41 Å². The van der Waals surface area contributed by atoms with Gasteiger partial charge in [-0.1, -0.05) is 6.07 Å². The summed E-state index contributed by atoms with van der Waals surface area (Å²) in [5.41, 5.74) is 0.127. The number of anilines is 1. The highest BCUT2D eigenvalue weighted by atomic mass is 32.1. The van der Waals surface area contributed by atoms with Crippen molar-refractivity contribution in [1.29, 1.82) is 5.26 Å². The molecule has 4 rings (SSSR count). The summed E-state index contributed by atoms with van der Waals surface area (Å²) in [7, 11) is 0. The quantitative estimate of drug-likeness (QED) is 0.878. The first-order valence-electron chi connectivity index (χ1n) is 9.01. The molecule has 0 atom stereocenters. The number of nitriles is 1. The number of carbonyl (C=O) groups excluding carboxylic acids is 1. The van der Waals surface area contributed by atoms with E-state index in [2.05, 4.69) is 32.3 Å². The molecule has 2 aromatic rings. The maximum atomic E-state index is 12.7. The minimum atomic E-state index is -0.254. The van der Waals surface area contributed by atoms with Crippen molar-refractivity contribution >= 4 is 23.1 Å². The van der Waals surface area contributed by atoms with Crippen LogP contribution in [0.25, 0.3) is 0 Å². The molecular weight excluding hydrogens is 346 g/mol. The zero-order valence-electron chi connectivity index (χ0n) is 14.5. The van der Waals surface area contributed by atoms with Crippen molar-refractivity contribution < 1.29 is 4.79 Å². The van der Waals surface area contributed by atoms with Crippen LogP contribution in [-0.4, -0.2) is 35.5 Å². The second-order valence-electron chi connectivity index (χ2n) is 7.04. The van der Waals surface area contributed by atoms with Crippen LogP contribution in [0.4, 0.5) is 5.82 Å². The van der Waals surface area contributed by atoms with Crippen LogP contribution in [0.1, 0.15) is 36.3 Å². The van der Waals surface area contributed by atoms with E-state index in [0.717, 1.165) is 45.3 Å². The Morgan fingerprint density at radius 1 is 1.35 bits per heavy atom. The van der Waals surface area contributed by atoms with Crippen LogP contribution in [0.15, 0.2) is 29.9 Å². The molecule has 134 valence electrons. The van der Waals surface area contributed by atoms with E-state index >= 15 is 0 Å². The van der Waals surface area contributed by atoms with Gasteiger partial charge < -0.3 is 10.2 Å². The van der Waals surface area contributed by atoms with Gasteiger partial charge in [-0.25, -0.2) is 9.97 Å². The van der Waals surface area contributed by atoms with Gasteiger partial charge >= 0.3 is 0 Å². The van der Waals surface area contributed by atoms with Crippen molar-refractivity contribution in [1.82, 2.24) is 15.3 Å². The summed E-state index contributed by atoms with van der Waals surface area (Å²) in [6, 6.07) is 6.20. The minimum Gasteiger partial charge on any atom is -0.355 e. The Labute approximate surface area is 156 Å². The van der Waals surface area contributed by atoms with Crippen LogP contribution in [0, 0.1) is 17.2 Å². The molecule has 0 spiro atoms. The Kier molecular flexibility index (Phi) is 4.60. The predicted molar refractivity (Wildman–Crippen MR) is 99.9 cm³/mol. The molecule has 1 aliphatic carbocycles. The topological polar surface area (TPSA) is 81.9 Å². The standard InChI is InChI=1S/C19H21N5OS/c20-12-15-17(22-8-7-21-15)24-9-3-14(4-10-24)13-23-18(25)19(5-6-19)16-2-1-11-26-16/h1-2,7-8,11,14H,3-6,9-10,13H2,(H,23,25). The number of carbonyl (C=O) groups is 1. The SMILES string of the molecule is N#Cc1nccnc1N1CCC(CNC(=O)C2(c3cccs3)CC2)CC1. The molecule has 1 aliphatic heterocycles. The van der Waals surface area contributed by atoms with Gasteiger partial charge in [0, 0.05) is 36.9 Å².